The number of aromatic amines is 1. The van der Waals surface area contributed by atoms with Gasteiger partial charge in [-0.15, -0.1) is 0 Å². The van der Waals surface area contributed by atoms with Crippen LogP contribution in [0.5, 0.6) is 0 Å². The number of nitrogens with zero attached hydrogens (tertiary/aromatic N) is 4. The van der Waals surface area contributed by atoms with E-state index in [1.54, 1.807) is 13.1 Å². The highest BCUT2D eigenvalue weighted by atomic mass is 16.2. The van der Waals surface area contributed by atoms with Crippen molar-refractivity contribution in [1.82, 2.24) is 19.9 Å². The van der Waals surface area contributed by atoms with E-state index in [-0.39, 0.29) is 23.9 Å². The number of rotatable bonds is 4. The van der Waals surface area contributed by atoms with Crippen molar-refractivity contribution in [2.45, 2.75) is 46.2 Å². The van der Waals surface area contributed by atoms with Crippen LogP contribution < -0.4 is 10.2 Å². The van der Waals surface area contributed by atoms with Crippen LogP contribution in [-0.2, 0) is 9.59 Å². The number of H-pyrrole nitrogens is 1. The summed E-state index contributed by atoms with van der Waals surface area (Å²) in [5, 5.41) is 3.77. The van der Waals surface area contributed by atoms with Crippen LogP contribution in [0.1, 0.15) is 34.1 Å². The number of anilines is 2. The smallest absolute Gasteiger partial charge is 0.224 e. The molecule has 1 fully saturated rings. The standard InChI is InChI=1S/C23H28N6O2/c1-5-22(31)26-17-9-18-19(11-25-23(18)24-10-17)20-7-6-8-21(27-20)28-12-14(2)29(16(4)30)15(3)13-28/h6-11,14-15H,5,12-13H2,1-4H3,(H,24,25)(H,26,31)/t14-,15+. The first-order valence-corrected chi connectivity index (χ1v) is 10.7. The highest BCUT2D eigenvalue weighted by Gasteiger charge is 2.31. The third-order valence-electron chi connectivity index (χ3n) is 5.75. The van der Waals surface area contributed by atoms with E-state index in [4.69, 9.17) is 4.98 Å². The number of aromatic nitrogens is 3. The Kier molecular flexibility index (Phi) is 5.63. The topological polar surface area (TPSA) is 94.2 Å². The lowest BCUT2D eigenvalue weighted by Crippen LogP contribution is -2.58. The van der Waals surface area contributed by atoms with E-state index in [0.29, 0.717) is 12.1 Å². The van der Waals surface area contributed by atoms with Crippen LogP contribution in [0.25, 0.3) is 22.3 Å². The summed E-state index contributed by atoms with van der Waals surface area (Å²) < 4.78 is 0. The molecule has 31 heavy (non-hydrogen) atoms. The number of amides is 2. The summed E-state index contributed by atoms with van der Waals surface area (Å²) in [6.45, 7) is 9.07. The quantitative estimate of drug-likeness (QED) is 0.674. The Bertz CT molecular complexity index is 1110. The Labute approximate surface area is 181 Å². The van der Waals surface area contributed by atoms with Crippen molar-refractivity contribution in [1.29, 1.82) is 0 Å². The van der Waals surface area contributed by atoms with Crippen molar-refractivity contribution < 1.29 is 9.59 Å². The summed E-state index contributed by atoms with van der Waals surface area (Å²) in [5.74, 6) is 0.946. The van der Waals surface area contributed by atoms with Gasteiger partial charge in [0.1, 0.15) is 11.5 Å². The summed E-state index contributed by atoms with van der Waals surface area (Å²) in [5.41, 5.74) is 3.17. The second-order valence-corrected chi connectivity index (χ2v) is 8.13. The molecule has 8 nitrogen and oxygen atoms in total. The fourth-order valence-corrected chi connectivity index (χ4v) is 4.41. The molecule has 4 rings (SSSR count). The van der Waals surface area contributed by atoms with Gasteiger partial charge in [0.2, 0.25) is 11.8 Å². The van der Waals surface area contributed by atoms with Crippen molar-refractivity contribution >= 4 is 34.4 Å². The van der Waals surface area contributed by atoms with Crippen molar-refractivity contribution in [2.75, 3.05) is 23.3 Å². The molecule has 0 bridgehead atoms. The van der Waals surface area contributed by atoms with Crippen molar-refractivity contribution in [3.05, 3.63) is 36.7 Å². The molecule has 0 aliphatic carbocycles. The van der Waals surface area contributed by atoms with Gasteiger partial charge in [-0.05, 0) is 32.0 Å². The zero-order chi connectivity index (χ0) is 22.1. The van der Waals surface area contributed by atoms with E-state index < -0.39 is 0 Å². The fourth-order valence-electron chi connectivity index (χ4n) is 4.41. The second kappa shape index (κ2) is 8.37. The minimum absolute atomic E-state index is 0.0497. The van der Waals surface area contributed by atoms with Crippen LogP contribution in [0, 0.1) is 0 Å². The van der Waals surface area contributed by atoms with Gasteiger partial charge in [-0.25, -0.2) is 9.97 Å². The van der Waals surface area contributed by atoms with Crippen LogP contribution in [0.15, 0.2) is 36.7 Å². The van der Waals surface area contributed by atoms with Crippen LogP contribution in [-0.4, -0.2) is 56.8 Å². The molecule has 0 radical (unpaired) electrons. The first-order valence-electron chi connectivity index (χ1n) is 10.7. The highest BCUT2D eigenvalue weighted by Crippen LogP contribution is 2.30. The van der Waals surface area contributed by atoms with Gasteiger partial charge in [0.15, 0.2) is 0 Å². The zero-order valence-electron chi connectivity index (χ0n) is 18.3. The molecular formula is C23H28N6O2. The summed E-state index contributed by atoms with van der Waals surface area (Å²) in [6.07, 6.45) is 3.96. The third kappa shape index (κ3) is 4.10. The van der Waals surface area contributed by atoms with Gasteiger partial charge in [0.25, 0.3) is 0 Å². The van der Waals surface area contributed by atoms with E-state index in [2.05, 4.69) is 34.0 Å². The molecule has 3 aromatic heterocycles. The average molecular weight is 421 g/mol. The molecule has 162 valence electrons. The van der Waals surface area contributed by atoms with Crippen LogP contribution in [0.4, 0.5) is 11.5 Å². The first kappa shape index (κ1) is 20.8. The predicted octanol–water partition coefficient (Wildman–Crippen LogP) is 3.42. The molecule has 0 spiro atoms. The maximum atomic E-state index is 12.0. The average Bonchev–Trinajstić information content (AvgIpc) is 3.16. The molecule has 0 saturated carbocycles. The van der Waals surface area contributed by atoms with E-state index in [1.165, 1.54) is 0 Å². The van der Waals surface area contributed by atoms with E-state index in [1.807, 2.05) is 42.3 Å². The fraction of sp³-hybridized carbons (Fsp3) is 0.391. The summed E-state index contributed by atoms with van der Waals surface area (Å²) >= 11 is 0. The SMILES string of the molecule is CCC(=O)Nc1cnc2[nH]cc(-c3cccc(N4C[C@@H](C)N(C(C)=O)[C@@H](C)C4)n3)c2c1. The largest absolute Gasteiger partial charge is 0.352 e. The maximum absolute atomic E-state index is 12.0. The van der Waals surface area contributed by atoms with Crippen molar-refractivity contribution in [2.24, 2.45) is 0 Å². The minimum atomic E-state index is -0.0497. The number of hydrogen-bond acceptors (Lipinski definition) is 5. The molecule has 2 amide bonds. The monoisotopic (exact) mass is 420 g/mol. The van der Waals surface area contributed by atoms with E-state index in [0.717, 1.165) is 41.2 Å². The molecule has 2 atom stereocenters. The summed E-state index contributed by atoms with van der Waals surface area (Å²) in [6, 6.07) is 8.14. The van der Waals surface area contributed by atoms with Crippen molar-refractivity contribution in [3.8, 4) is 11.3 Å². The lowest BCUT2D eigenvalue weighted by Gasteiger charge is -2.44. The number of carbonyl (C=O) groups excluding carboxylic acids is 2. The Balaban J connectivity index is 1.64. The lowest BCUT2D eigenvalue weighted by atomic mass is 10.1. The first-order chi connectivity index (χ1) is 14.9. The van der Waals surface area contributed by atoms with E-state index in [9.17, 15) is 9.59 Å². The van der Waals surface area contributed by atoms with Gasteiger partial charge in [-0.3, -0.25) is 9.59 Å². The van der Waals surface area contributed by atoms with Gasteiger partial charge in [0, 0.05) is 55.7 Å². The molecule has 3 aromatic rings. The molecule has 8 heteroatoms. The Morgan fingerprint density at radius 3 is 2.65 bits per heavy atom. The summed E-state index contributed by atoms with van der Waals surface area (Å²) in [7, 11) is 0. The number of hydrogen-bond donors (Lipinski definition) is 2. The highest BCUT2D eigenvalue weighted by molar-refractivity contribution is 5.97. The Morgan fingerprint density at radius 2 is 1.97 bits per heavy atom. The van der Waals surface area contributed by atoms with Crippen molar-refractivity contribution in [3.63, 3.8) is 0 Å². The Morgan fingerprint density at radius 1 is 1.23 bits per heavy atom. The maximum Gasteiger partial charge on any atom is 0.224 e. The van der Waals surface area contributed by atoms with Crippen LogP contribution in [0.2, 0.25) is 0 Å². The number of pyridine rings is 2. The number of carbonyl (C=O) groups is 2. The van der Waals surface area contributed by atoms with Gasteiger partial charge in [-0.1, -0.05) is 13.0 Å². The Hall–Kier alpha value is -3.42. The molecule has 0 aromatic carbocycles. The van der Waals surface area contributed by atoms with Gasteiger partial charge >= 0.3 is 0 Å². The molecule has 1 saturated heterocycles. The zero-order valence-corrected chi connectivity index (χ0v) is 18.3. The number of fused-ring (bicyclic) bond motifs is 1. The third-order valence-corrected chi connectivity index (χ3v) is 5.75. The second-order valence-electron chi connectivity index (χ2n) is 8.13. The van der Waals surface area contributed by atoms with Gasteiger partial charge in [0.05, 0.1) is 17.6 Å². The molecule has 1 aliphatic rings. The minimum Gasteiger partial charge on any atom is -0.352 e. The molecule has 0 unspecified atom stereocenters. The molecular weight excluding hydrogens is 392 g/mol. The normalized spacial score (nSPS) is 19.0. The number of piperazine rings is 1. The van der Waals surface area contributed by atoms with Gasteiger partial charge < -0.3 is 20.1 Å². The van der Waals surface area contributed by atoms with E-state index >= 15 is 0 Å². The van der Waals surface area contributed by atoms with Crippen LogP contribution >= 0.6 is 0 Å². The van der Waals surface area contributed by atoms with Crippen LogP contribution in [0.3, 0.4) is 0 Å². The molecule has 2 N–H and O–H groups in total. The van der Waals surface area contributed by atoms with Gasteiger partial charge in [-0.2, -0.15) is 0 Å². The molecule has 1 aliphatic heterocycles. The molecule has 4 heterocycles. The number of nitrogens with one attached hydrogen (secondary N) is 2. The summed E-state index contributed by atoms with van der Waals surface area (Å²) in [4.78, 5) is 40.4. The predicted molar refractivity (Wildman–Crippen MR) is 122 cm³/mol. The lowest BCUT2D eigenvalue weighted by molar-refractivity contribution is -0.133.